The molecular weight excluding hydrogens is 546 g/mol. The molecule has 0 heterocycles. The number of unbranched alkanes of at least 4 members (excludes halogenated alkanes) is 5. The molecule has 41 heavy (non-hydrogen) atoms. The first-order chi connectivity index (χ1) is 19.4. The Balaban J connectivity index is 3.40. The van der Waals surface area contributed by atoms with Gasteiger partial charge in [-0.3, -0.25) is 14.4 Å². The fourth-order valence-corrected chi connectivity index (χ4v) is 4.48. The van der Waals surface area contributed by atoms with E-state index in [0.29, 0.717) is 12.0 Å². The van der Waals surface area contributed by atoms with Crippen molar-refractivity contribution in [3.05, 3.63) is 29.3 Å². The van der Waals surface area contributed by atoms with Gasteiger partial charge in [0.1, 0.15) is 23.4 Å². The summed E-state index contributed by atoms with van der Waals surface area (Å²) < 4.78 is 10.3. The number of aromatic hydroxyl groups is 1. The van der Waals surface area contributed by atoms with E-state index in [1.807, 2.05) is 0 Å². The fourth-order valence-electron chi connectivity index (χ4n) is 4.24. The smallest absolute Gasteiger partial charge is 0.408 e. The summed E-state index contributed by atoms with van der Waals surface area (Å²) in [5, 5.41) is 16.3. The molecule has 3 amide bonds. The number of alkyl carbamates (subject to hydrolysis) is 1. The summed E-state index contributed by atoms with van der Waals surface area (Å²) in [5.74, 6) is -1.71. The maximum absolute atomic E-state index is 14.0. The van der Waals surface area contributed by atoms with E-state index in [4.69, 9.17) is 9.47 Å². The van der Waals surface area contributed by atoms with E-state index in [2.05, 4.69) is 30.2 Å². The molecule has 1 rings (SSSR count). The van der Waals surface area contributed by atoms with Gasteiger partial charge in [-0.2, -0.15) is 12.6 Å². The molecule has 0 saturated carbocycles. The number of rotatable bonds is 17. The minimum atomic E-state index is -1.22. The summed E-state index contributed by atoms with van der Waals surface area (Å²) in [5.41, 5.74) is 0.00537. The first-order valence-corrected chi connectivity index (χ1v) is 15.1. The van der Waals surface area contributed by atoms with E-state index in [-0.39, 0.29) is 43.2 Å². The minimum Gasteiger partial charge on any atom is -0.507 e. The molecule has 0 spiro atoms. The van der Waals surface area contributed by atoms with E-state index in [1.165, 1.54) is 4.90 Å². The van der Waals surface area contributed by atoms with Crippen molar-refractivity contribution in [3.63, 3.8) is 0 Å². The lowest BCUT2D eigenvalue weighted by Crippen LogP contribution is -2.54. The number of nitrogens with one attached hydrogen (secondary N) is 2. The van der Waals surface area contributed by atoms with Crippen molar-refractivity contribution in [3.8, 4) is 5.75 Å². The fraction of sp³-hybridized carbons (Fsp3) is 0.667. The van der Waals surface area contributed by atoms with Crippen molar-refractivity contribution >= 4 is 36.5 Å². The lowest BCUT2D eigenvalue weighted by molar-refractivity contribution is -0.144. The van der Waals surface area contributed by atoms with E-state index in [9.17, 15) is 24.3 Å². The van der Waals surface area contributed by atoms with Gasteiger partial charge in [0.2, 0.25) is 11.8 Å². The molecular formula is C30H49N3O7S. The molecule has 11 heteroatoms. The molecule has 0 aliphatic heterocycles. The number of phenols is 1. The van der Waals surface area contributed by atoms with Gasteiger partial charge in [0, 0.05) is 24.4 Å². The van der Waals surface area contributed by atoms with Crippen molar-refractivity contribution in [1.82, 2.24) is 15.5 Å². The van der Waals surface area contributed by atoms with Crippen LogP contribution in [0, 0.1) is 6.92 Å². The third-order valence-corrected chi connectivity index (χ3v) is 6.63. The number of ether oxygens (including phenoxy) is 2. The minimum absolute atomic E-state index is 0.00799. The largest absolute Gasteiger partial charge is 0.507 e. The summed E-state index contributed by atoms with van der Waals surface area (Å²) in [6.45, 7) is 11.1. The Bertz CT molecular complexity index is 997. The third kappa shape index (κ3) is 13.1. The zero-order chi connectivity index (χ0) is 31.0. The van der Waals surface area contributed by atoms with Gasteiger partial charge < -0.3 is 30.1 Å². The van der Waals surface area contributed by atoms with E-state index < -0.39 is 41.6 Å². The Morgan fingerprint density at radius 2 is 1.71 bits per heavy atom. The predicted octanol–water partition coefficient (Wildman–Crippen LogP) is 4.82. The zero-order valence-electron chi connectivity index (χ0n) is 25.5. The maximum atomic E-state index is 14.0. The first-order valence-electron chi connectivity index (χ1n) is 14.5. The number of hydrogen-bond donors (Lipinski definition) is 4. The van der Waals surface area contributed by atoms with Crippen LogP contribution in [0.5, 0.6) is 5.75 Å². The van der Waals surface area contributed by atoms with Gasteiger partial charge in [-0.05, 0) is 46.6 Å². The van der Waals surface area contributed by atoms with Crippen LogP contribution < -0.4 is 10.6 Å². The van der Waals surface area contributed by atoms with Crippen molar-refractivity contribution in [2.75, 3.05) is 25.4 Å². The van der Waals surface area contributed by atoms with E-state index in [0.717, 1.165) is 32.1 Å². The van der Waals surface area contributed by atoms with E-state index in [1.54, 1.807) is 52.8 Å². The van der Waals surface area contributed by atoms with Crippen molar-refractivity contribution in [1.29, 1.82) is 0 Å². The van der Waals surface area contributed by atoms with Gasteiger partial charge in [0.05, 0.1) is 13.0 Å². The number of carbonyl (C=O) groups excluding carboxylic acids is 4. The molecule has 10 nitrogen and oxygen atoms in total. The standard InChI is InChI=1S/C30H49N3O7S/c1-7-9-10-11-12-13-19-33(28(37)23(20-41)32-29(38)40-30(4,5)6)25(22-16-14-15-21(3)26(22)35)27(36)31-18-17-24(34)39-8-2/h14-16,23,25,35,41H,7-13,17-20H2,1-6H3,(H,31,36)(H,32,38). The number of para-hydroxylation sites is 1. The van der Waals surface area contributed by atoms with Crippen LogP contribution in [0.15, 0.2) is 18.2 Å². The van der Waals surface area contributed by atoms with Crippen molar-refractivity contribution in [2.45, 2.75) is 104 Å². The van der Waals surface area contributed by atoms with Crippen LogP contribution in [-0.2, 0) is 23.9 Å². The molecule has 1 aromatic carbocycles. The number of thiol groups is 1. The summed E-state index contributed by atoms with van der Waals surface area (Å²) in [6.07, 6.45) is 4.90. The topological polar surface area (TPSA) is 134 Å². The molecule has 1 aromatic rings. The number of nitrogens with zero attached hydrogens (tertiary/aromatic N) is 1. The molecule has 0 aliphatic carbocycles. The lowest BCUT2D eigenvalue weighted by atomic mass is 9.98. The predicted molar refractivity (Wildman–Crippen MR) is 162 cm³/mol. The highest BCUT2D eigenvalue weighted by atomic mass is 32.1. The number of hydrogen-bond acceptors (Lipinski definition) is 8. The van der Waals surface area contributed by atoms with Crippen LogP contribution in [0.1, 0.15) is 96.7 Å². The summed E-state index contributed by atoms with van der Waals surface area (Å²) >= 11 is 4.31. The zero-order valence-corrected chi connectivity index (χ0v) is 26.4. The number of phenolic OH excluding ortho intramolecular Hbond substituents is 1. The molecule has 0 aliphatic rings. The van der Waals surface area contributed by atoms with Gasteiger partial charge >= 0.3 is 12.1 Å². The molecule has 232 valence electrons. The third-order valence-electron chi connectivity index (χ3n) is 6.26. The molecule has 2 unspecified atom stereocenters. The average Bonchev–Trinajstić information content (AvgIpc) is 2.89. The Kier molecular flexibility index (Phi) is 16.3. The number of aryl methyl sites for hydroxylation is 1. The Morgan fingerprint density at radius 1 is 1.05 bits per heavy atom. The second kappa shape index (κ2) is 18.5. The monoisotopic (exact) mass is 595 g/mol. The quantitative estimate of drug-likeness (QED) is 0.115. The van der Waals surface area contributed by atoms with Gasteiger partial charge in [0.15, 0.2) is 0 Å². The van der Waals surface area contributed by atoms with Crippen LogP contribution in [-0.4, -0.2) is 71.0 Å². The number of esters is 1. The number of amides is 3. The highest BCUT2D eigenvalue weighted by Gasteiger charge is 2.37. The second-order valence-electron chi connectivity index (χ2n) is 10.9. The molecule has 2 atom stereocenters. The SMILES string of the molecule is CCCCCCCCN(C(=O)C(CS)NC(=O)OC(C)(C)C)C(C(=O)NCCC(=O)OCC)c1cccc(C)c1O. The van der Waals surface area contributed by atoms with Crippen LogP contribution in [0.25, 0.3) is 0 Å². The molecule has 0 saturated heterocycles. The van der Waals surface area contributed by atoms with Crippen molar-refractivity contribution in [2.24, 2.45) is 0 Å². The summed E-state index contributed by atoms with van der Waals surface area (Å²) in [4.78, 5) is 53.5. The van der Waals surface area contributed by atoms with Crippen molar-refractivity contribution < 1.29 is 33.8 Å². The normalized spacial score (nSPS) is 12.7. The highest BCUT2D eigenvalue weighted by molar-refractivity contribution is 7.80. The molecule has 0 radical (unpaired) electrons. The molecule has 0 bridgehead atoms. The van der Waals surface area contributed by atoms with Gasteiger partial charge in [0.25, 0.3) is 0 Å². The molecule has 0 fully saturated rings. The maximum Gasteiger partial charge on any atom is 0.408 e. The summed E-state index contributed by atoms with van der Waals surface area (Å²) in [6, 6.07) is 2.69. The second-order valence-corrected chi connectivity index (χ2v) is 11.3. The lowest BCUT2D eigenvalue weighted by Gasteiger charge is -2.34. The molecule has 3 N–H and O–H groups in total. The number of benzene rings is 1. The van der Waals surface area contributed by atoms with Crippen LogP contribution in [0.2, 0.25) is 0 Å². The first kappa shape index (κ1) is 36.1. The highest BCUT2D eigenvalue weighted by Crippen LogP contribution is 2.32. The Labute approximate surface area is 250 Å². The van der Waals surface area contributed by atoms with Crippen LogP contribution in [0.4, 0.5) is 4.79 Å². The number of carbonyl (C=O) groups is 4. The van der Waals surface area contributed by atoms with Gasteiger partial charge in [-0.15, -0.1) is 0 Å². The van der Waals surface area contributed by atoms with E-state index >= 15 is 0 Å². The molecule has 0 aromatic heterocycles. The average molecular weight is 596 g/mol. The van der Waals surface area contributed by atoms with Crippen LogP contribution >= 0.6 is 12.6 Å². The van der Waals surface area contributed by atoms with Crippen LogP contribution in [0.3, 0.4) is 0 Å². The summed E-state index contributed by atoms with van der Waals surface area (Å²) in [7, 11) is 0. The Hall–Kier alpha value is -2.95. The van der Waals surface area contributed by atoms with Gasteiger partial charge in [-0.1, -0.05) is 57.2 Å². The Morgan fingerprint density at radius 3 is 2.32 bits per heavy atom. The van der Waals surface area contributed by atoms with Gasteiger partial charge in [-0.25, -0.2) is 4.79 Å².